The summed E-state index contributed by atoms with van der Waals surface area (Å²) in [4.78, 5) is 13.1. The molecule has 1 N–H and O–H groups in total. The average Bonchev–Trinajstić information content (AvgIpc) is 2.80. The summed E-state index contributed by atoms with van der Waals surface area (Å²) in [6.45, 7) is 3.80. The zero-order valence-corrected chi connectivity index (χ0v) is 18.8. The molecule has 0 bridgehead atoms. The lowest BCUT2D eigenvalue weighted by Crippen LogP contribution is -2.48. The lowest BCUT2D eigenvalue weighted by Gasteiger charge is -2.34. The summed E-state index contributed by atoms with van der Waals surface area (Å²) in [7, 11) is -2.42. The van der Waals surface area contributed by atoms with Crippen LogP contribution >= 0.6 is 0 Å². The smallest absolute Gasteiger partial charge is 0.267 e. The number of methoxy groups -OCH3 is 1. The minimum Gasteiger partial charge on any atom is -0.497 e. The first-order valence-corrected chi connectivity index (χ1v) is 11.5. The Morgan fingerprint density at radius 1 is 1.03 bits per heavy atom. The number of fused-ring (bicyclic) bond motifs is 1. The van der Waals surface area contributed by atoms with Crippen molar-refractivity contribution in [1.82, 2.24) is 0 Å². The predicted molar refractivity (Wildman–Crippen MR) is 123 cm³/mol. The number of hydrogen-bond donors (Lipinski definition) is 1. The molecule has 1 amide bonds. The number of aryl methyl sites for hydroxylation is 2. The van der Waals surface area contributed by atoms with E-state index in [4.69, 9.17) is 9.47 Å². The zero-order valence-electron chi connectivity index (χ0n) is 18.0. The molecule has 1 atom stereocenters. The van der Waals surface area contributed by atoms with Crippen LogP contribution in [0.1, 0.15) is 11.1 Å². The van der Waals surface area contributed by atoms with Gasteiger partial charge in [0.15, 0.2) is 6.10 Å². The Kier molecular flexibility index (Phi) is 5.80. The minimum absolute atomic E-state index is 0.100. The summed E-state index contributed by atoms with van der Waals surface area (Å²) in [6.07, 6.45) is -1.01. The molecule has 1 unspecified atom stereocenters. The lowest BCUT2D eigenvalue weighted by molar-refractivity contribution is -0.122. The van der Waals surface area contributed by atoms with E-state index in [1.54, 1.807) is 36.4 Å². The van der Waals surface area contributed by atoms with Gasteiger partial charge in [-0.15, -0.1) is 0 Å². The van der Waals surface area contributed by atoms with Crippen molar-refractivity contribution in [1.29, 1.82) is 0 Å². The highest BCUT2D eigenvalue weighted by Gasteiger charge is 2.37. The van der Waals surface area contributed by atoms with E-state index in [2.05, 4.69) is 5.32 Å². The van der Waals surface area contributed by atoms with Crippen LogP contribution < -0.4 is 19.1 Å². The molecular weight excluding hydrogens is 428 g/mol. The van der Waals surface area contributed by atoms with Gasteiger partial charge in [-0.05, 0) is 73.5 Å². The molecule has 0 spiro atoms. The van der Waals surface area contributed by atoms with E-state index in [1.807, 2.05) is 32.0 Å². The summed E-state index contributed by atoms with van der Waals surface area (Å²) in [5.74, 6) is 0.464. The maximum atomic E-state index is 13.5. The van der Waals surface area contributed by atoms with Gasteiger partial charge in [0.1, 0.15) is 11.5 Å². The molecular formula is C24H24N2O5S. The molecule has 166 valence electrons. The molecule has 0 saturated carbocycles. The van der Waals surface area contributed by atoms with Crippen LogP contribution in [-0.4, -0.2) is 34.1 Å². The van der Waals surface area contributed by atoms with Crippen LogP contribution in [-0.2, 0) is 14.8 Å². The molecule has 3 aromatic carbocycles. The van der Waals surface area contributed by atoms with Gasteiger partial charge in [-0.2, -0.15) is 0 Å². The van der Waals surface area contributed by atoms with Crippen molar-refractivity contribution in [2.75, 3.05) is 23.3 Å². The van der Waals surface area contributed by atoms with Crippen LogP contribution in [0.2, 0.25) is 0 Å². The van der Waals surface area contributed by atoms with Crippen molar-refractivity contribution in [3.63, 3.8) is 0 Å². The van der Waals surface area contributed by atoms with Crippen LogP contribution in [0, 0.1) is 13.8 Å². The molecule has 0 fully saturated rings. The molecule has 7 nitrogen and oxygen atoms in total. The number of carbonyl (C=O) groups excluding carboxylic acids is 1. The van der Waals surface area contributed by atoms with Crippen molar-refractivity contribution < 1.29 is 22.7 Å². The molecule has 4 rings (SSSR count). The van der Waals surface area contributed by atoms with Crippen molar-refractivity contribution in [3.8, 4) is 11.5 Å². The molecule has 0 radical (unpaired) electrons. The molecule has 3 aromatic rings. The van der Waals surface area contributed by atoms with E-state index < -0.39 is 22.0 Å². The summed E-state index contributed by atoms with van der Waals surface area (Å²) in [5.41, 5.74) is 3.17. The highest BCUT2D eigenvalue weighted by atomic mass is 32.2. The third-order valence-electron chi connectivity index (χ3n) is 5.45. The first-order valence-electron chi connectivity index (χ1n) is 10.1. The monoisotopic (exact) mass is 452 g/mol. The fraction of sp³-hybridized carbons (Fsp3) is 0.208. The van der Waals surface area contributed by atoms with Gasteiger partial charge in [0, 0.05) is 5.69 Å². The first-order chi connectivity index (χ1) is 15.3. The molecule has 0 saturated heterocycles. The Labute approximate surface area is 187 Å². The number of nitrogens with one attached hydrogen (secondary N) is 1. The third kappa shape index (κ3) is 4.13. The van der Waals surface area contributed by atoms with Gasteiger partial charge in [-0.3, -0.25) is 9.10 Å². The standard InChI is InChI=1S/C24H24N2O5S/c1-16-8-9-18(14-17(16)2)25-24(27)23-15-26(21-6-4-5-7-22(21)31-23)32(28,29)20-12-10-19(30-3)11-13-20/h4-14,23H,15H2,1-3H3,(H,25,27). The molecule has 8 heteroatoms. The fourth-order valence-corrected chi connectivity index (χ4v) is 4.96. The van der Waals surface area contributed by atoms with Gasteiger partial charge >= 0.3 is 0 Å². The van der Waals surface area contributed by atoms with Crippen LogP contribution in [0.5, 0.6) is 11.5 Å². The summed E-state index contributed by atoms with van der Waals surface area (Å²) in [5, 5.41) is 2.84. The highest BCUT2D eigenvalue weighted by Crippen LogP contribution is 2.37. The predicted octanol–water partition coefficient (Wildman–Crippen LogP) is 3.91. The first kappa shape index (κ1) is 21.7. The number of sulfonamides is 1. The van der Waals surface area contributed by atoms with Gasteiger partial charge in [0.25, 0.3) is 15.9 Å². The number of hydrogen-bond acceptors (Lipinski definition) is 5. The van der Waals surface area contributed by atoms with E-state index in [-0.39, 0.29) is 11.4 Å². The maximum Gasteiger partial charge on any atom is 0.267 e. The minimum atomic E-state index is -3.93. The van der Waals surface area contributed by atoms with Crippen molar-refractivity contribution in [2.45, 2.75) is 24.8 Å². The number of carbonyl (C=O) groups is 1. The van der Waals surface area contributed by atoms with E-state index in [0.717, 1.165) is 11.1 Å². The fourth-order valence-electron chi connectivity index (χ4n) is 3.48. The number of benzene rings is 3. The summed E-state index contributed by atoms with van der Waals surface area (Å²) >= 11 is 0. The van der Waals surface area contributed by atoms with Gasteiger partial charge in [-0.25, -0.2) is 8.42 Å². The molecule has 1 heterocycles. The van der Waals surface area contributed by atoms with Gasteiger partial charge in [0.2, 0.25) is 0 Å². The quantitative estimate of drug-likeness (QED) is 0.635. The molecule has 32 heavy (non-hydrogen) atoms. The van der Waals surface area contributed by atoms with Crippen molar-refractivity contribution in [3.05, 3.63) is 77.9 Å². The van der Waals surface area contributed by atoms with E-state index in [0.29, 0.717) is 22.9 Å². The Bertz CT molecular complexity index is 1260. The summed E-state index contributed by atoms with van der Waals surface area (Å²) < 4.78 is 39.1. The number of anilines is 2. The summed E-state index contributed by atoms with van der Waals surface area (Å²) in [6, 6.07) is 18.5. The third-order valence-corrected chi connectivity index (χ3v) is 7.24. The van der Waals surface area contributed by atoms with Crippen LogP contribution in [0.3, 0.4) is 0 Å². The van der Waals surface area contributed by atoms with Gasteiger partial charge in [0.05, 0.1) is 24.2 Å². The second kappa shape index (κ2) is 8.55. The Morgan fingerprint density at radius 2 is 1.75 bits per heavy atom. The number of ether oxygens (including phenoxy) is 2. The number of amides is 1. The number of rotatable bonds is 5. The Hall–Kier alpha value is -3.52. The van der Waals surface area contributed by atoms with Crippen molar-refractivity contribution in [2.24, 2.45) is 0 Å². The molecule has 1 aliphatic rings. The maximum absolute atomic E-state index is 13.5. The van der Waals surface area contributed by atoms with E-state index >= 15 is 0 Å². The second-order valence-corrected chi connectivity index (χ2v) is 9.44. The average molecular weight is 453 g/mol. The molecule has 0 aliphatic carbocycles. The van der Waals surface area contributed by atoms with Crippen LogP contribution in [0.25, 0.3) is 0 Å². The molecule has 1 aliphatic heterocycles. The number of nitrogens with zero attached hydrogens (tertiary/aromatic N) is 1. The number of para-hydroxylation sites is 2. The van der Waals surface area contributed by atoms with Crippen LogP contribution in [0.4, 0.5) is 11.4 Å². The lowest BCUT2D eigenvalue weighted by atomic mass is 10.1. The Morgan fingerprint density at radius 3 is 2.44 bits per heavy atom. The highest BCUT2D eigenvalue weighted by molar-refractivity contribution is 7.92. The zero-order chi connectivity index (χ0) is 22.9. The van der Waals surface area contributed by atoms with Gasteiger partial charge in [-0.1, -0.05) is 18.2 Å². The van der Waals surface area contributed by atoms with E-state index in [1.165, 1.54) is 23.5 Å². The SMILES string of the molecule is COc1ccc(S(=O)(=O)N2CC(C(=O)Nc3ccc(C)c(C)c3)Oc3ccccc32)cc1. The van der Waals surface area contributed by atoms with Gasteiger partial charge < -0.3 is 14.8 Å². The van der Waals surface area contributed by atoms with Crippen LogP contribution in [0.15, 0.2) is 71.6 Å². The van der Waals surface area contributed by atoms with Crippen molar-refractivity contribution >= 4 is 27.3 Å². The van der Waals surface area contributed by atoms with E-state index in [9.17, 15) is 13.2 Å². The molecule has 0 aromatic heterocycles. The second-order valence-electron chi connectivity index (χ2n) is 7.57. The topological polar surface area (TPSA) is 84.9 Å². The largest absolute Gasteiger partial charge is 0.497 e. The normalized spacial score (nSPS) is 15.5. The Balaban J connectivity index is 1.65.